The molecule has 5 heteroatoms. The van der Waals surface area contributed by atoms with Crippen molar-refractivity contribution in [2.24, 2.45) is 0 Å². The highest BCUT2D eigenvalue weighted by Gasteiger charge is 2.20. The monoisotopic (exact) mass is 207 g/mol. The van der Waals surface area contributed by atoms with E-state index < -0.39 is 10.1 Å². The van der Waals surface area contributed by atoms with Crippen LogP contribution in [-0.2, 0) is 14.4 Å². The third-order valence-corrected chi connectivity index (χ3v) is 3.33. The minimum atomic E-state index is -3.33. The second-order valence-corrected chi connectivity index (χ2v) is 5.13. The van der Waals surface area contributed by atoms with Crippen LogP contribution in [0.15, 0.2) is 0 Å². The normalized spacial score (nSPS) is 18.5. The molecular weight excluding hydrogens is 190 g/mol. The van der Waals surface area contributed by atoms with E-state index in [1.807, 2.05) is 6.92 Å². The quantitative estimate of drug-likeness (QED) is 0.665. The van der Waals surface area contributed by atoms with E-state index in [0.29, 0.717) is 6.42 Å². The molecule has 1 fully saturated rings. The third kappa shape index (κ3) is 4.06. The lowest BCUT2D eigenvalue weighted by atomic mass is 9.94. The van der Waals surface area contributed by atoms with E-state index in [4.69, 9.17) is 0 Å². The van der Waals surface area contributed by atoms with Crippen LogP contribution in [0.25, 0.3) is 0 Å². The molecule has 0 aromatic carbocycles. The van der Waals surface area contributed by atoms with E-state index >= 15 is 0 Å². The Labute approximate surface area is 79.7 Å². The Morgan fingerprint density at radius 2 is 2.15 bits per heavy atom. The molecule has 0 heterocycles. The summed E-state index contributed by atoms with van der Waals surface area (Å²) in [5.41, 5.74) is 2.58. The molecule has 0 aromatic rings. The minimum absolute atomic E-state index is 0.114. The van der Waals surface area contributed by atoms with Gasteiger partial charge in [0.15, 0.2) is 0 Å². The van der Waals surface area contributed by atoms with Crippen molar-refractivity contribution in [3.63, 3.8) is 0 Å². The summed E-state index contributed by atoms with van der Waals surface area (Å²) in [6.07, 6.45) is 4.73. The fourth-order valence-corrected chi connectivity index (χ4v) is 2.04. The summed E-state index contributed by atoms with van der Waals surface area (Å²) < 4.78 is 27.0. The lowest BCUT2D eigenvalue weighted by molar-refractivity contribution is 0.121. The molecule has 0 amide bonds. The maximum Gasteiger partial charge on any atom is 0.283 e. The molecule has 1 saturated carbocycles. The van der Waals surface area contributed by atoms with Gasteiger partial charge >= 0.3 is 0 Å². The maximum absolute atomic E-state index is 11.1. The summed E-state index contributed by atoms with van der Waals surface area (Å²) >= 11 is 0. The molecule has 0 aliphatic heterocycles. The van der Waals surface area contributed by atoms with Gasteiger partial charge in [-0.15, -0.1) is 0 Å². The molecule has 1 rings (SSSR count). The summed E-state index contributed by atoms with van der Waals surface area (Å²) in [6, 6.07) is 0.247. The van der Waals surface area contributed by atoms with Crippen molar-refractivity contribution in [1.82, 2.24) is 5.48 Å². The Hall–Kier alpha value is -0.130. The number of unbranched alkanes of at least 4 members (excludes halogenated alkanes) is 1. The molecule has 0 spiro atoms. The Balaban J connectivity index is 2.17. The number of rotatable bonds is 6. The van der Waals surface area contributed by atoms with Crippen LogP contribution < -0.4 is 5.48 Å². The largest absolute Gasteiger partial charge is 0.283 e. The van der Waals surface area contributed by atoms with Crippen LogP contribution >= 0.6 is 0 Å². The first-order valence-corrected chi connectivity index (χ1v) is 6.38. The fourth-order valence-electron chi connectivity index (χ4n) is 1.03. The topological polar surface area (TPSA) is 55.4 Å². The van der Waals surface area contributed by atoms with Crippen LogP contribution in [0.4, 0.5) is 0 Å². The first-order chi connectivity index (χ1) is 6.14. The van der Waals surface area contributed by atoms with E-state index in [2.05, 4.69) is 9.76 Å². The van der Waals surface area contributed by atoms with Gasteiger partial charge in [0.1, 0.15) is 0 Å². The molecule has 1 N–H and O–H groups in total. The van der Waals surface area contributed by atoms with Gasteiger partial charge in [0, 0.05) is 6.04 Å². The van der Waals surface area contributed by atoms with E-state index in [9.17, 15) is 8.42 Å². The van der Waals surface area contributed by atoms with Crippen molar-refractivity contribution in [1.29, 1.82) is 0 Å². The van der Waals surface area contributed by atoms with Gasteiger partial charge in [0.25, 0.3) is 10.1 Å². The molecule has 0 aromatic heterocycles. The van der Waals surface area contributed by atoms with Crippen LogP contribution in [0.2, 0.25) is 0 Å². The van der Waals surface area contributed by atoms with Gasteiger partial charge in [-0.3, -0.25) is 0 Å². The molecule has 0 bridgehead atoms. The van der Waals surface area contributed by atoms with Gasteiger partial charge in [0.05, 0.1) is 5.75 Å². The Morgan fingerprint density at radius 3 is 2.62 bits per heavy atom. The minimum Gasteiger partial charge on any atom is -0.198 e. The zero-order valence-corrected chi connectivity index (χ0v) is 8.77. The van der Waals surface area contributed by atoms with Crippen LogP contribution in [0, 0.1) is 0 Å². The smallest absolute Gasteiger partial charge is 0.198 e. The molecule has 0 unspecified atom stereocenters. The van der Waals surface area contributed by atoms with Crippen LogP contribution in [0.3, 0.4) is 0 Å². The Bertz CT molecular complexity index is 234. The van der Waals surface area contributed by atoms with E-state index in [-0.39, 0.29) is 11.8 Å². The molecule has 0 saturated heterocycles. The standard InChI is InChI=1S/C8H17NO3S/c1-2-3-7-13(10,11)12-9-8-5-4-6-8/h8-9H,2-7H2,1H3. The lowest BCUT2D eigenvalue weighted by Crippen LogP contribution is -2.37. The average Bonchev–Trinajstić information content (AvgIpc) is 1.98. The molecule has 13 heavy (non-hydrogen) atoms. The average molecular weight is 207 g/mol. The first kappa shape index (κ1) is 10.9. The van der Waals surface area contributed by atoms with Crippen LogP contribution in [0.5, 0.6) is 0 Å². The predicted molar refractivity (Wildman–Crippen MR) is 50.6 cm³/mol. The van der Waals surface area contributed by atoms with Crippen molar-refractivity contribution in [2.45, 2.75) is 45.1 Å². The third-order valence-electron chi connectivity index (χ3n) is 2.19. The highest BCUT2D eigenvalue weighted by atomic mass is 32.2. The summed E-state index contributed by atoms with van der Waals surface area (Å²) in [5.74, 6) is 0.114. The first-order valence-electron chi connectivity index (χ1n) is 4.81. The Morgan fingerprint density at radius 1 is 1.46 bits per heavy atom. The van der Waals surface area contributed by atoms with Crippen LogP contribution in [0.1, 0.15) is 39.0 Å². The van der Waals surface area contributed by atoms with Gasteiger partial charge < -0.3 is 0 Å². The molecule has 4 nitrogen and oxygen atoms in total. The molecule has 1 aliphatic rings. The zero-order chi connectivity index (χ0) is 9.73. The van der Waals surface area contributed by atoms with Gasteiger partial charge in [-0.05, 0) is 19.3 Å². The summed E-state index contributed by atoms with van der Waals surface area (Å²) in [6.45, 7) is 1.95. The molecular formula is C8H17NO3S. The van der Waals surface area contributed by atoms with Gasteiger partial charge in [-0.2, -0.15) is 18.2 Å². The van der Waals surface area contributed by atoms with Crippen LogP contribution in [-0.4, -0.2) is 20.2 Å². The predicted octanol–water partition coefficient (Wildman–Crippen LogP) is 1.19. The van der Waals surface area contributed by atoms with Crippen molar-refractivity contribution in [3.8, 4) is 0 Å². The SMILES string of the molecule is CCCCS(=O)(=O)ONC1CCC1. The van der Waals surface area contributed by atoms with Gasteiger partial charge in [0.2, 0.25) is 0 Å². The second kappa shape index (κ2) is 4.93. The summed E-state index contributed by atoms with van der Waals surface area (Å²) in [7, 11) is -3.33. The number of nitrogens with one attached hydrogen (secondary N) is 1. The van der Waals surface area contributed by atoms with Crippen molar-refractivity contribution < 1.29 is 12.7 Å². The molecule has 0 atom stereocenters. The highest BCUT2D eigenvalue weighted by molar-refractivity contribution is 7.86. The second-order valence-electron chi connectivity index (χ2n) is 3.44. The number of hydroxylamine groups is 1. The lowest BCUT2D eigenvalue weighted by Gasteiger charge is -2.25. The highest BCUT2D eigenvalue weighted by Crippen LogP contribution is 2.18. The van der Waals surface area contributed by atoms with Crippen molar-refractivity contribution in [2.75, 3.05) is 5.75 Å². The van der Waals surface area contributed by atoms with Gasteiger partial charge in [-0.1, -0.05) is 19.8 Å². The summed E-state index contributed by atoms with van der Waals surface area (Å²) in [5, 5.41) is 0. The van der Waals surface area contributed by atoms with E-state index in [1.165, 1.54) is 0 Å². The molecule has 1 aliphatic carbocycles. The van der Waals surface area contributed by atoms with Crippen molar-refractivity contribution in [3.05, 3.63) is 0 Å². The molecule has 0 radical (unpaired) electrons. The fraction of sp³-hybridized carbons (Fsp3) is 1.00. The van der Waals surface area contributed by atoms with Crippen molar-refractivity contribution >= 4 is 10.1 Å². The zero-order valence-electron chi connectivity index (χ0n) is 7.95. The summed E-state index contributed by atoms with van der Waals surface area (Å²) in [4.78, 5) is 0. The molecule has 78 valence electrons. The number of hydrogen-bond acceptors (Lipinski definition) is 4. The maximum atomic E-state index is 11.1. The van der Waals surface area contributed by atoms with Gasteiger partial charge in [-0.25, -0.2) is 0 Å². The number of hydrogen-bond donors (Lipinski definition) is 1. The van der Waals surface area contributed by atoms with E-state index in [0.717, 1.165) is 25.7 Å². The Kier molecular flexibility index (Phi) is 4.15. The van der Waals surface area contributed by atoms with E-state index in [1.54, 1.807) is 0 Å².